The molecule has 0 radical (unpaired) electrons. The van der Waals surface area contributed by atoms with E-state index in [9.17, 15) is 14.7 Å². The van der Waals surface area contributed by atoms with Crippen LogP contribution in [-0.4, -0.2) is 53.2 Å². The molecule has 28 heavy (non-hydrogen) atoms. The second-order valence-corrected chi connectivity index (χ2v) is 7.75. The second kappa shape index (κ2) is 7.83. The lowest BCUT2D eigenvalue weighted by molar-refractivity contribution is -0.135. The number of anilines is 1. The highest BCUT2D eigenvalue weighted by Crippen LogP contribution is 2.34. The molecule has 2 aliphatic rings. The van der Waals surface area contributed by atoms with E-state index >= 15 is 0 Å². The minimum atomic E-state index is -1.09. The van der Waals surface area contributed by atoms with Crippen molar-refractivity contribution in [2.24, 2.45) is 5.92 Å². The van der Waals surface area contributed by atoms with Crippen molar-refractivity contribution in [3.63, 3.8) is 0 Å². The van der Waals surface area contributed by atoms with Gasteiger partial charge in [0.15, 0.2) is 17.1 Å². The summed E-state index contributed by atoms with van der Waals surface area (Å²) in [4.78, 5) is 28.4. The Bertz CT molecular complexity index is 866. The highest BCUT2D eigenvalue weighted by atomic mass is 35.5. The number of nitrogens with zero attached hydrogens (tertiary/aromatic N) is 3. The summed E-state index contributed by atoms with van der Waals surface area (Å²) in [6.07, 6.45) is 3.55. The minimum absolute atomic E-state index is 0.00487. The quantitative estimate of drug-likeness (QED) is 0.840. The number of carboxylic acids is 1. The third kappa shape index (κ3) is 3.58. The van der Waals surface area contributed by atoms with Crippen LogP contribution in [0, 0.1) is 5.92 Å². The number of rotatable bonds is 4. The fourth-order valence-electron chi connectivity index (χ4n) is 4.02. The zero-order chi connectivity index (χ0) is 19.7. The topological polar surface area (TPSA) is 86.9 Å². The van der Waals surface area contributed by atoms with Crippen LogP contribution in [0.15, 0.2) is 28.8 Å². The largest absolute Gasteiger partial charge is 0.477 e. The van der Waals surface area contributed by atoms with Gasteiger partial charge in [0.05, 0.1) is 0 Å². The van der Waals surface area contributed by atoms with Gasteiger partial charge in [-0.2, -0.15) is 0 Å². The van der Waals surface area contributed by atoms with Crippen LogP contribution in [0.4, 0.5) is 5.82 Å². The predicted molar refractivity (Wildman–Crippen MR) is 105 cm³/mol. The Labute approximate surface area is 167 Å². The standard InChI is InChI=1S/C20H22ClN3O4/c21-15-5-3-13(4-6-15)17-16(20(26)27)18(22-28-17)23-11-7-14(8-12-23)19(25)24-9-1-2-10-24/h3-6,14H,1-2,7-12H2,(H,26,27). The van der Waals surface area contributed by atoms with Crippen LogP contribution in [0.2, 0.25) is 5.02 Å². The van der Waals surface area contributed by atoms with E-state index in [4.69, 9.17) is 16.1 Å². The van der Waals surface area contributed by atoms with Gasteiger partial charge in [-0.1, -0.05) is 16.8 Å². The Balaban J connectivity index is 1.51. The monoisotopic (exact) mass is 403 g/mol. The Morgan fingerprint density at radius 1 is 1.07 bits per heavy atom. The molecule has 0 atom stereocenters. The SMILES string of the molecule is O=C(O)c1c(N2CCC(C(=O)N3CCCC3)CC2)noc1-c1ccc(Cl)cc1. The summed E-state index contributed by atoms with van der Waals surface area (Å²) in [7, 11) is 0. The fourth-order valence-corrected chi connectivity index (χ4v) is 4.15. The number of carbonyl (C=O) groups is 2. The molecule has 2 saturated heterocycles. The van der Waals surface area contributed by atoms with E-state index in [-0.39, 0.29) is 23.1 Å². The van der Waals surface area contributed by atoms with E-state index in [0.717, 1.165) is 25.9 Å². The number of benzene rings is 1. The van der Waals surface area contributed by atoms with Crippen LogP contribution in [0.1, 0.15) is 36.0 Å². The van der Waals surface area contributed by atoms with E-state index in [1.807, 2.05) is 9.80 Å². The number of hydrogen-bond donors (Lipinski definition) is 1. The molecule has 7 nitrogen and oxygen atoms in total. The lowest BCUT2D eigenvalue weighted by Gasteiger charge is -2.33. The van der Waals surface area contributed by atoms with Crippen molar-refractivity contribution in [3.05, 3.63) is 34.9 Å². The van der Waals surface area contributed by atoms with Crippen molar-refractivity contribution in [1.82, 2.24) is 10.1 Å². The number of aromatic carboxylic acids is 1. The number of hydrogen-bond acceptors (Lipinski definition) is 5. The normalized spacial score (nSPS) is 17.9. The molecule has 8 heteroatoms. The second-order valence-electron chi connectivity index (χ2n) is 7.32. The maximum Gasteiger partial charge on any atom is 0.343 e. The van der Waals surface area contributed by atoms with Gasteiger partial charge in [0.2, 0.25) is 5.91 Å². The fraction of sp³-hybridized carbons (Fsp3) is 0.450. The summed E-state index contributed by atoms with van der Waals surface area (Å²) in [6.45, 7) is 2.88. The van der Waals surface area contributed by atoms with Gasteiger partial charge in [-0.25, -0.2) is 4.79 Å². The van der Waals surface area contributed by atoms with E-state index in [0.29, 0.717) is 42.3 Å². The Hall–Kier alpha value is -2.54. The van der Waals surface area contributed by atoms with E-state index in [1.165, 1.54) is 0 Å². The molecule has 2 aliphatic heterocycles. The van der Waals surface area contributed by atoms with Crippen molar-refractivity contribution in [2.45, 2.75) is 25.7 Å². The third-order valence-corrected chi connectivity index (χ3v) is 5.81. The highest BCUT2D eigenvalue weighted by Gasteiger charge is 2.33. The summed E-state index contributed by atoms with van der Waals surface area (Å²) in [5, 5.41) is 14.4. The smallest absolute Gasteiger partial charge is 0.343 e. The van der Waals surface area contributed by atoms with Gasteiger partial charge in [0.25, 0.3) is 0 Å². The number of carbonyl (C=O) groups excluding carboxylic acids is 1. The van der Waals surface area contributed by atoms with Gasteiger partial charge in [0, 0.05) is 42.7 Å². The van der Waals surface area contributed by atoms with Crippen molar-refractivity contribution in [2.75, 3.05) is 31.1 Å². The van der Waals surface area contributed by atoms with Crippen LogP contribution in [0.5, 0.6) is 0 Å². The number of likely N-dealkylation sites (tertiary alicyclic amines) is 1. The molecule has 1 N–H and O–H groups in total. The number of piperidine rings is 1. The van der Waals surface area contributed by atoms with Crippen molar-refractivity contribution >= 4 is 29.3 Å². The average Bonchev–Trinajstić information content (AvgIpc) is 3.38. The van der Waals surface area contributed by atoms with Crippen molar-refractivity contribution in [3.8, 4) is 11.3 Å². The summed E-state index contributed by atoms with van der Waals surface area (Å²) in [6, 6.07) is 6.78. The maximum absolute atomic E-state index is 12.6. The highest BCUT2D eigenvalue weighted by molar-refractivity contribution is 6.30. The van der Waals surface area contributed by atoms with E-state index in [2.05, 4.69) is 5.16 Å². The van der Waals surface area contributed by atoms with Crippen LogP contribution in [-0.2, 0) is 4.79 Å². The molecule has 0 spiro atoms. The first-order chi connectivity index (χ1) is 13.5. The molecule has 1 aromatic carbocycles. The summed E-state index contributed by atoms with van der Waals surface area (Å²) >= 11 is 5.91. The van der Waals surface area contributed by atoms with Gasteiger partial charge in [-0.15, -0.1) is 0 Å². The Kier molecular flexibility index (Phi) is 5.26. The Morgan fingerprint density at radius 2 is 1.71 bits per heavy atom. The van der Waals surface area contributed by atoms with E-state index < -0.39 is 5.97 Å². The van der Waals surface area contributed by atoms with Crippen LogP contribution < -0.4 is 4.90 Å². The van der Waals surface area contributed by atoms with Crippen LogP contribution in [0.25, 0.3) is 11.3 Å². The van der Waals surface area contributed by atoms with Crippen LogP contribution >= 0.6 is 11.6 Å². The predicted octanol–water partition coefficient (Wildman–Crippen LogP) is 3.53. The molecular weight excluding hydrogens is 382 g/mol. The summed E-state index contributed by atoms with van der Waals surface area (Å²) in [5.74, 6) is -0.307. The van der Waals surface area contributed by atoms with E-state index in [1.54, 1.807) is 24.3 Å². The first-order valence-electron chi connectivity index (χ1n) is 9.57. The average molecular weight is 404 g/mol. The molecule has 3 heterocycles. The first-order valence-corrected chi connectivity index (χ1v) is 9.95. The van der Waals surface area contributed by atoms with Crippen molar-refractivity contribution in [1.29, 1.82) is 0 Å². The lowest BCUT2D eigenvalue weighted by Crippen LogP contribution is -2.42. The molecule has 1 aromatic heterocycles. The zero-order valence-electron chi connectivity index (χ0n) is 15.4. The lowest BCUT2D eigenvalue weighted by atomic mass is 9.95. The van der Waals surface area contributed by atoms with Gasteiger partial charge in [0.1, 0.15) is 0 Å². The molecule has 0 unspecified atom stereocenters. The number of aromatic nitrogens is 1. The van der Waals surface area contributed by atoms with Gasteiger partial charge < -0.3 is 19.4 Å². The molecule has 2 aromatic rings. The van der Waals surface area contributed by atoms with Crippen LogP contribution in [0.3, 0.4) is 0 Å². The zero-order valence-corrected chi connectivity index (χ0v) is 16.2. The van der Waals surface area contributed by atoms with Crippen molar-refractivity contribution < 1.29 is 19.2 Å². The number of amides is 1. The molecule has 0 saturated carbocycles. The maximum atomic E-state index is 12.6. The molecule has 0 aliphatic carbocycles. The molecular formula is C20H22ClN3O4. The first kappa shape index (κ1) is 18.8. The van der Waals surface area contributed by atoms with Gasteiger partial charge in [-0.05, 0) is 49.9 Å². The molecule has 2 fully saturated rings. The minimum Gasteiger partial charge on any atom is -0.477 e. The summed E-state index contributed by atoms with van der Waals surface area (Å²) in [5.41, 5.74) is 0.659. The number of carboxylic acid groups (broad SMARTS) is 1. The van der Waals surface area contributed by atoms with Gasteiger partial charge in [-0.3, -0.25) is 4.79 Å². The van der Waals surface area contributed by atoms with Gasteiger partial charge >= 0.3 is 5.97 Å². The number of halogens is 1. The molecule has 148 valence electrons. The Morgan fingerprint density at radius 3 is 2.32 bits per heavy atom. The molecule has 0 bridgehead atoms. The molecule has 4 rings (SSSR count). The third-order valence-electron chi connectivity index (χ3n) is 5.56. The molecule has 1 amide bonds. The summed E-state index contributed by atoms with van der Waals surface area (Å²) < 4.78 is 5.40.